The van der Waals surface area contributed by atoms with Gasteiger partial charge in [0, 0.05) is 5.92 Å². The number of rotatable bonds is 6. The zero-order chi connectivity index (χ0) is 13.4. The first kappa shape index (κ1) is 16.2. The maximum Gasteiger partial charge on any atom is 0.0807 e. The molecule has 0 aromatic carbocycles. The highest BCUT2D eigenvalue weighted by atomic mass is 127. The number of halogens is 1. The predicted molar refractivity (Wildman–Crippen MR) is 87.9 cm³/mol. The molecule has 1 nitrogen and oxygen atoms in total. The average molecular weight is 362 g/mol. The normalized spacial score (nSPS) is 22.3. The lowest BCUT2D eigenvalue weighted by Gasteiger charge is -2.21. The van der Waals surface area contributed by atoms with Crippen LogP contribution in [0.3, 0.4) is 0 Å². The molecule has 0 amide bonds. The Kier molecular flexibility index (Phi) is 8.23. The van der Waals surface area contributed by atoms with Gasteiger partial charge in [0.25, 0.3) is 0 Å². The standard InChI is InChI=1S/C16H27IO/c1-13(16(18)14(2)11-12-17)7-6-10-15-8-4-3-5-9-15/h7,11-12,14-16,18H,3-6,8-10H2,1-2H3/b12-11+,13-7+/t14-,16+/m1/s1. The Hall–Kier alpha value is 0.170. The Morgan fingerprint density at radius 2 is 2.00 bits per heavy atom. The van der Waals surface area contributed by atoms with Crippen molar-refractivity contribution < 1.29 is 5.11 Å². The summed E-state index contributed by atoms with van der Waals surface area (Å²) < 4.78 is 1.99. The molecule has 0 heterocycles. The van der Waals surface area contributed by atoms with E-state index < -0.39 is 0 Å². The van der Waals surface area contributed by atoms with E-state index in [0.717, 1.165) is 17.9 Å². The lowest BCUT2D eigenvalue weighted by Crippen LogP contribution is -2.17. The van der Waals surface area contributed by atoms with Gasteiger partial charge >= 0.3 is 0 Å². The maximum atomic E-state index is 10.1. The molecule has 0 aromatic heterocycles. The van der Waals surface area contributed by atoms with E-state index in [1.54, 1.807) is 0 Å². The molecule has 1 aliphatic carbocycles. The van der Waals surface area contributed by atoms with Crippen molar-refractivity contribution in [3.63, 3.8) is 0 Å². The van der Waals surface area contributed by atoms with Crippen LogP contribution in [0, 0.1) is 11.8 Å². The molecule has 0 aromatic rings. The second-order valence-electron chi connectivity index (χ2n) is 5.65. The molecule has 0 spiro atoms. The highest BCUT2D eigenvalue weighted by Gasteiger charge is 2.14. The van der Waals surface area contributed by atoms with Crippen molar-refractivity contribution in [2.24, 2.45) is 11.8 Å². The van der Waals surface area contributed by atoms with Gasteiger partial charge in [-0.1, -0.05) is 73.8 Å². The van der Waals surface area contributed by atoms with Crippen molar-refractivity contribution >= 4 is 22.6 Å². The van der Waals surface area contributed by atoms with Gasteiger partial charge in [0.2, 0.25) is 0 Å². The van der Waals surface area contributed by atoms with Crippen LogP contribution in [0.2, 0.25) is 0 Å². The van der Waals surface area contributed by atoms with Crippen LogP contribution in [-0.4, -0.2) is 11.2 Å². The fraction of sp³-hybridized carbons (Fsp3) is 0.750. The van der Waals surface area contributed by atoms with Gasteiger partial charge in [-0.3, -0.25) is 0 Å². The van der Waals surface area contributed by atoms with E-state index in [9.17, 15) is 5.11 Å². The molecular weight excluding hydrogens is 335 g/mol. The van der Waals surface area contributed by atoms with Gasteiger partial charge in [-0.25, -0.2) is 0 Å². The number of aliphatic hydroxyl groups excluding tert-OH is 1. The molecular formula is C16H27IO. The summed E-state index contributed by atoms with van der Waals surface area (Å²) >= 11 is 2.21. The van der Waals surface area contributed by atoms with Crippen molar-refractivity contribution in [1.29, 1.82) is 0 Å². The molecule has 1 rings (SSSR count). The maximum absolute atomic E-state index is 10.1. The lowest BCUT2D eigenvalue weighted by molar-refractivity contribution is 0.173. The van der Waals surface area contributed by atoms with Gasteiger partial charge in [-0.15, -0.1) is 0 Å². The molecule has 2 heteroatoms. The van der Waals surface area contributed by atoms with Crippen molar-refractivity contribution in [3.8, 4) is 0 Å². The van der Waals surface area contributed by atoms with E-state index in [-0.39, 0.29) is 12.0 Å². The molecule has 1 saturated carbocycles. The summed E-state index contributed by atoms with van der Waals surface area (Å²) in [4.78, 5) is 0. The largest absolute Gasteiger partial charge is 0.388 e. The van der Waals surface area contributed by atoms with Crippen molar-refractivity contribution in [2.45, 2.75) is 64.9 Å². The third-order valence-electron chi connectivity index (χ3n) is 4.11. The van der Waals surface area contributed by atoms with E-state index in [0.29, 0.717) is 0 Å². The summed E-state index contributed by atoms with van der Waals surface area (Å²) in [5.41, 5.74) is 1.13. The molecule has 18 heavy (non-hydrogen) atoms. The zero-order valence-electron chi connectivity index (χ0n) is 11.7. The molecule has 0 unspecified atom stereocenters. The quantitative estimate of drug-likeness (QED) is 0.506. The highest BCUT2D eigenvalue weighted by Crippen LogP contribution is 2.27. The van der Waals surface area contributed by atoms with E-state index in [1.807, 2.05) is 4.08 Å². The molecule has 0 saturated heterocycles. The zero-order valence-corrected chi connectivity index (χ0v) is 13.9. The first-order chi connectivity index (χ1) is 8.65. The summed E-state index contributed by atoms with van der Waals surface area (Å²) in [5.74, 6) is 1.15. The van der Waals surface area contributed by atoms with Crippen LogP contribution < -0.4 is 0 Å². The monoisotopic (exact) mass is 362 g/mol. The number of aliphatic hydroxyl groups is 1. The summed E-state index contributed by atoms with van der Waals surface area (Å²) in [6.45, 7) is 4.13. The first-order valence-electron chi connectivity index (χ1n) is 7.26. The van der Waals surface area contributed by atoms with Gasteiger partial charge in [0.15, 0.2) is 0 Å². The van der Waals surface area contributed by atoms with Gasteiger partial charge in [0.05, 0.1) is 6.10 Å². The van der Waals surface area contributed by atoms with Crippen LogP contribution in [0.5, 0.6) is 0 Å². The third-order valence-corrected chi connectivity index (χ3v) is 4.52. The van der Waals surface area contributed by atoms with E-state index in [4.69, 9.17) is 0 Å². The SMILES string of the molecule is C/C(=C\CCC1CCCCC1)[C@H](O)[C@H](C)/C=C/I. The summed E-state index contributed by atoms with van der Waals surface area (Å²) in [6, 6.07) is 0. The molecule has 1 N–H and O–H groups in total. The Labute approximate surface area is 126 Å². The molecule has 104 valence electrons. The van der Waals surface area contributed by atoms with Crippen LogP contribution in [0.15, 0.2) is 21.8 Å². The van der Waals surface area contributed by atoms with Gasteiger partial charge in [0.1, 0.15) is 0 Å². The van der Waals surface area contributed by atoms with Crippen LogP contribution >= 0.6 is 22.6 Å². The summed E-state index contributed by atoms with van der Waals surface area (Å²) in [6.07, 6.45) is 13.6. The fourth-order valence-electron chi connectivity index (χ4n) is 2.78. The van der Waals surface area contributed by atoms with Crippen molar-refractivity contribution in [1.82, 2.24) is 0 Å². The number of hydrogen-bond acceptors (Lipinski definition) is 1. The number of allylic oxidation sites excluding steroid dienone is 1. The molecule has 2 atom stereocenters. The number of hydrogen-bond donors (Lipinski definition) is 1. The average Bonchev–Trinajstić information content (AvgIpc) is 2.39. The minimum absolute atomic E-state index is 0.216. The topological polar surface area (TPSA) is 20.2 Å². The Bertz CT molecular complexity index is 277. The second-order valence-corrected chi connectivity index (χ2v) is 6.37. The minimum atomic E-state index is -0.317. The van der Waals surface area contributed by atoms with E-state index >= 15 is 0 Å². The van der Waals surface area contributed by atoms with Crippen LogP contribution in [-0.2, 0) is 0 Å². The smallest absolute Gasteiger partial charge is 0.0807 e. The highest BCUT2D eigenvalue weighted by molar-refractivity contribution is 14.1. The second kappa shape index (κ2) is 9.13. The Morgan fingerprint density at radius 1 is 1.33 bits per heavy atom. The van der Waals surface area contributed by atoms with Crippen LogP contribution in [0.1, 0.15) is 58.8 Å². The van der Waals surface area contributed by atoms with Crippen LogP contribution in [0.25, 0.3) is 0 Å². The Balaban J connectivity index is 2.31. The van der Waals surface area contributed by atoms with Crippen LogP contribution in [0.4, 0.5) is 0 Å². The molecule has 0 bridgehead atoms. The Morgan fingerprint density at radius 3 is 2.61 bits per heavy atom. The van der Waals surface area contributed by atoms with Gasteiger partial charge < -0.3 is 5.11 Å². The van der Waals surface area contributed by atoms with Gasteiger partial charge in [-0.05, 0) is 35.3 Å². The first-order valence-corrected chi connectivity index (χ1v) is 8.51. The molecule has 1 aliphatic rings. The summed E-state index contributed by atoms with van der Waals surface area (Å²) in [7, 11) is 0. The lowest BCUT2D eigenvalue weighted by atomic mass is 9.86. The minimum Gasteiger partial charge on any atom is -0.388 e. The molecule has 0 aliphatic heterocycles. The third kappa shape index (κ3) is 5.87. The van der Waals surface area contributed by atoms with Gasteiger partial charge in [-0.2, -0.15) is 0 Å². The predicted octanol–water partition coefficient (Wildman–Crippen LogP) is 5.24. The van der Waals surface area contributed by atoms with Crippen molar-refractivity contribution in [3.05, 3.63) is 21.8 Å². The summed E-state index contributed by atoms with van der Waals surface area (Å²) in [5, 5.41) is 10.1. The van der Waals surface area contributed by atoms with E-state index in [1.165, 1.54) is 38.5 Å². The van der Waals surface area contributed by atoms with Crippen molar-refractivity contribution in [2.75, 3.05) is 0 Å². The van der Waals surface area contributed by atoms with E-state index in [2.05, 4.69) is 48.6 Å². The molecule has 0 radical (unpaired) electrons. The molecule has 1 fully saturated rings. The fourth-order valence-corrected chi connectivity index (χ4v) is 3.43.